The highest BCUT2D eigenvalue weighted by molar-refractivity contribution is 7.89. The Morgan fingerprint density at radius 3 is 2.78 bits per heavy atom. The molecule has 102 valence electrons. The van der Waals surface area contributed by atoms with Gasteiger partial charge in [-0.2, -0.15) is 0 Å². The zero-order chi connectivity index (χ0) is 13.8. The lowest BCUT2D eigenvalue weighted by Gasteiger charge is -2.13. The number of nitrogen functional groups attached to an aromatic ring is 1. The number of sulfonamides is 1. The van der Waals surface area contributed by atoms with Crippen molar-refractivity contribution in [2.75, 3.05) is 18.9 Å². The van der Waals surface area contributed by atoms with E-state index in [-0.39, 0.29) is 22.6 Å². The molecule has 0 spiro atoms. The van der Waals surface area contributed by atoms with Crippen LogP contribution in [-0.2, 0) is 14.8 Å². The highest BCUT2D eigenvalue weighted by Crippen LogP contribution is 2.23. The molecule has 1 rings (SSSR count). The number of rotatable bonds is 6. The maximum atomic E-state index is 12.0. The molecule has 1 atom stereocenters. The zero-order valence-electron chi connectivity index (χ0n) is 10.3. The van der Waals surface area contributed by atoms with Crippen molar-refractivity contribution in [2.24, 2.45) is 0 Å². The Morgan fingerprint density at radius 2 is 2.17 bits per heavy atom. The molecule has 0 aromatic heterocycles. The monoisotopic (exact) mass is 292 g/mol. The fourth-order valence-corrected chi connectivity index (χ4v) is 3.02. The second-order valence-corrected chi connectivity index (χ2v) is 5.95. The first-order chi connectivity index (χ1) is 8.36. The van der Waals surface area contributed by atoms with Gasteiger partial charge in [-0.1, -0.05) is 11.6 Å². The van der Waals surface area contributed by atoms with Crippen molar-refractivity contribution in [1.29, 1.82) is 0 Å². The minimum absolute atomic E-state index is 0.0205. The number of nitrogens with two attached hydrogens (primary N) is 1. The lowest BCUT2D eigenvalue weighted by atomic mass is 10.3. The number of nitrogens with one attached hydrogen (secondary N) is 1. The first-order valence-corrected chi connectivity index (χ1v) is 7.39. The molecule has 18 heavy (non-hydrogen) atoms. The fraction of sp³-hybridized carbons (Fsp3) is 0.455. The van der Waals surface area contributed by atoms with Crippen LogP contribution in [0.4, 0.5) is 5.69 Å². The van der Waals surface area contributed by atoms with Gasteiger partial charge in [-0.05, 0) is 32.0 Å². The Balaban J connectivity index is 2.83. The molecular weight excluding hydrogens is 276 g/mol. The van der Waals surface area contributed by atoms with Crippen molar-refractivity contribution in [2.45, 2.75) is 24.8 Å². The third-order valence-corrected chi connectivity index (χ3v) is 4.16. The van der Waals surface area contributed by atoms with Crippen LogP contribution in [0.2, 0.25) is 5.02 Å². The molecule has 0 heterocycles. The van der Waals surface area contributed by atoms with Crippen LogP contribution in [0, 0.1) is 0 Å². The second kappa shape index (κ2) is 6.38. The summed E-state index contributed by atoms with van der Waals surface area (Å²) in [6.07, 6.45) is -0.204. The van der Waals surface area contributed by atoms with Gasteiger partial charge < -0.3 is 10.5 Å². The number of halogens is 1. The van der Waals surface area contributed by atoms with Crippen molar-refractivity contribution in [1.82, 2.24) is 4.72 Å². The molecule has 0 aliphatic carbocycles. The average molecular weight is 293 g/mol. The summed E-state index contributed by atoms with van der Waals surface area (Å²) in [6.45, 7) is 4.34. The summed E-state index contributed by atoms with van der Waals surface area (Å²) in [5.41, 5.74) is 5.90. The van der Waals surface area contributed by atoms with E-state index >= 15 is 0 Å². The van der Waals surface area contributed by atoms with Crippen LogP contribution in [0.25, 0.3) is 0 Å². The van der Waals surface area contributed by atoms with Crippen LogP contribution in [0.5, 0.6) is 0 Å². The molecule has 0 aliphatic rings. The van der Waals surface area contributed by atoms with E-state index in [1.54, 1.807) is 13.0 Å². The Labute approximate surface area is 112 Å². The van der Waals surface area contributed by atoms with E-state index in [2.05, 4.69) is 4.72 Å². The number of anilines is 1. The van der Waals surface area contributed by atoms with Crippen LogP contribution in [-0.4, -0.2) is 27.7 Å². The van der Waals surface area contributed by atoms with Crippen LogP contribution < -0.4 is 10.5 Å². The van der Waals surface area contributed by atoms with Crippen molar-refractivity contribution in [3.63, 3.8) is 0 Å². The van der Waals surface area contributed by atoms with E-state index in [9.17, 15) is 8.42 Å². The van der Waals surface area contributed by atoms with Gasteiger partial charge in [0.15, 0.2) is 0 Å². The van der Waals surface area contributed by atoms with Crippen molar-refractivity contribution >= 4 is 27.3 Å². The number of hydrogen-bond acceptors (Lipinski definition) is 4. The van der Waals surface area contributed by atoms with E-state index in [1.807, 2.05) is 6.92 Å². The second-order valence-electron chi connectivity index (χ2n) is 3.81. The minimum atomic E-state index is -3.67. The van der Waals surface area contributed by atoms with Gasteiger partial charge >= 0.3 is 0 Å². The summed E-state index contributed by atoms with van der Waals surface area (Å²) < 4.78 is 31.7. The summed E-state index contributed by atoms with van der Waals surface area (Å²) in [7, 11) is -3.67. The molecule has 1 aromatic carbocycles. The normalized spacial score (nSPS) is 13.5. The maximum Gasteiger partial charge on any atom is 0.242 e. The number of ether oxygens (including phenoxy) is 1. The molecule has 0 amide bonds. The number of benzene rings is 1. The summed E-state index contributed by atoms with van der Waals surface area (Å²) in [5, 5.41) is 0.140. The Kier molecular flexibility index (Phi) is 5.40. The van der Waals surface area contributed by atoms with E-state index in [0.29, 0.717) is 12.3 Å². The van der Waals surface area contributed by atoms with Gasteiger partial charge in [0.1, 0.15) is 4.90 Å². The molecule has 0 radical (unpaired) electrons. The third-order valence-electron chi connectivity index (χ3n) is 2.26. The van der Waals surface area contributed by atoms with Crippen LogP contribution in [0.3, 0.4) is 0 Å². The van der Waals surface area contributed by atoms with Gasteiger partial charge in [-0.3, -0.25) is 0 Å². The minimum Gasteiger partial charge on any atom is -0.399 e. The molecule has 5 nitrogen and oxygen atoms in total. The van der Waals surface area contributed by atoms with Gasteiger partial charge in [0.2, 0.25) is 10.0 Å². The summed E-state index contributed by atoms with van der Waals surface area (Å²) >= 11 is 5.85. The largest absolute Gasteiger partial charge is 0.399 e. The molecule has 0 fully saturated rings. The summed E-state index contributed by atoms with van der Waals surface area (Å²) in [6, 6.07) is 4.33. The predicted molar refractivity (Wildman–Crippen MR) is 72.1 cm³/mol. The van der Waals surface area contributed by atoms with Crippen molar-refractivity contribution in [3.8, 4) is 0 Å². The highest BCUT2D eigenvalue weighted by Gasteiger charge is 2.18. The zero-order valence-corrected chi connectivity index (χ0v) is 11.9. The maximum absolute atomic E-state index is 12.0. The van der Waals surface area contributed by atoms with E-state index < -0.39 is 10.0 Å². The SMILES string of the molecule is CCOC(C)CNS(=O)(=O)c1cc(N)ccc1Cl. The van der Waals surface area contributed by atoms with Gasteiger partial charge in [0.05, 0.1) is 11.1 Å². The topological polar surface area (TPSA) is 81.4 Å². The van der Waals surface area contributed by atoms with Gasteiger partial charge in [-0.25, -0.2) is 13.1 Å². The highest BCUT2D eigenvalue weighted by atomic mass is 35.5. The molecule has 0 bridgehead atoms. The Morgan fingerprint density at radius 1 is 1.50 bits per heavy atom. The predicted octanol–water partition coefficient (Wildman–Crippen LogP) is 1.63. The van der Waals surface area contributed by atoms with Crippen LogP contribution in [0.1, 0.15) is 13.8 Å². The smallest absolute Gasteiger partial charge is 0.242 e. The molecule has 0 aliphatic heterocycles. The van der Waals surface area contributed by atoms with Crippen molar-refractivity contribution < 1.29 is 13.2 Å². The van der Waals surface area contributed by atoms with E-state index in [0.717, 1.165) is 0 Å². The molecule has 0 saturated heterocycles. The van der Waals surface area contributed by atoms with Gasteiger partial charge in [-0.15, -0.1) is 0 Å². The standard InChI is InChI=1S/C11H17ClN2O3S/c1-3-17-8(2)7-14-18(15,16)11-6-9(13)4-5-10(11)12/h4-6,8,14H,3,7,13H2,1-2H3. The molecule has 3 N–H and O–H groups in total. The summed E-state index contributed by atoms with van der Waals surface area (Å²) in [5.74, 6) is 0. The van der Waals surface area contributed by atoms with Crippen LogP contribution in [0.15, 0.2) is 23.1 Å². The molecule has 1 unspecified atom stereocenters. The number of hydrogen-bond donors (Lipinski definition) is 2. The summed E-state index contributed by atoms with van der Waals surface area (Å²) in [4.78, 5) is -0.0205. The Hall–Kier alpha value is -0.820. The van der Waals surface area contributed by atoms with E-state index in [1.165, 1.54) is 12.1 Å². The lowest BCUT2D eigenvalue weighted by Crippen LogP contribution is -2.32. The van der Waals surface area contributed by atoms with Gasteiger partial charge in [0, 0.05) is 18.8 Å². The molecular formula is C11H17ClN2O3S. The van der Waals surface area contributed by atoms with Gasteiger partial charge in [0.25, 0.3) is 0 Å². The molecule has 0 saturated carbocycles. The third kappa shape index (κ3) is 4.13. The van der Waals surface area contributed by atoms with E-state index in [4.69, 9.17) is 22.1 Å². The Bertz CT molecular complexity index is 505. The average Bonchev–Trinajstić information content (AvgIpc) is 2.30. The van der Waals surface area contributed by atoms with Crippen molar-refractivity contribution in [3.05, 3.63) is 23.2 Å². The lowest BCUT2D eigenvalue weighted by molar-refractivity contribution is 0.0799. The first-order valence-electron chi connectivity index (χ1n) is 5.53. The fourth-order valence-electron chi connectivity index (χ4n) is 1.37. The first kappa shape index (κ1) is 15.2. The quantitative estimate of drug-likeness (QED) is 0.781. The molecule has 7 heteroatoms. The molecule has 1 aromatic rings. The van der Waals surface area contributed by atoms with Crippen LogP contribution >= 0.6 is 11.6 Å².